The first kappa shape index (κ1) is 10.5. The predicted octanol–water partition coefficient (Wildman–Crippen LogP) is 1.92. The van der Waals surface area contributed by atoms with Gasteiger partial charge in [0.25, 0.3) is 0 Å². The fourth-order valence-electron chi connectivity index (χ4n) is 1.58. The number of aryl methyl sites for hydroxylation is 1. The highest BCUT2D eigenvalue weighted by Crippen LogP contribution is 2.17. The van der Waals surface area contributed by atoms with Crippen molar-refractivity contribution in [1.29, 1.82) is 0 Å². The van der Waals surface area contributed by atoms with Crippen molar-refractivity contribution < 1.29 is 4.79 Å². The van der Waals surface area contributed by atoms with Gasteiger partial charge < -0.3 is 5.73 Å². The summed E-state index contributed by atoms with van der Waals surface area (Å²) < 4.78 is 0. The smallest absolute Gasteiger partial charge is 0.221 e. The average Bonchev–Trinajstić information content (AvgIpc) is 2.16. The van der Waals surface area contributed by atoms with Crippen LogP contribution in [-0.2, 0) is 17.6 Å². The Morgan fingerprint density at radius 3 is 2.64 bits per heavy atom. The zero-order valence-electron chi connectivity index (χ0n) is 8.42. The molecule has 0 aliphatic heterocycles. The minimum atomic E-state index is -0.304. The van der Waals surface area contributed by atoms with Crippen LogP contribution in [0.15, 0.2) is 24.8 Å². The normalized spacial score (nSPS) is 9.79. The fraction of sp³-hybridized carbons (Fsp3) is 0.250. The van der Waals surface area contributed by atoms with Crippen LogP contribution in [0.1, 0.15) is 23.6 Å². The van der Waals surface area contributed by atoms with E-state index in [1.807, 2.05) is 18.2 Å². The van der Waals surface area contributed by atoms with Gasteiger partial charge in [0.05, 0.1) is 6.42 Å². The molecule has 0 saturated heterocycles. The van der Waals surface area contributed by atoms with Gasteiger partial charge in [0.2, 0.25) is 5.91 Å². The van der Waals surface area contributed by atoms with E-state index in [-0.39, 0.29) is 12.3 Å². The van der Waals surface area contributed by atoms with Gasteiger partial charge in [-0.05, 0) is 23.1 Å². The Bertz CT molecular complexity index is 355. The van der Waals surface area contributed by atoms with E-state index in [0.717, 1.165) is 17.5 Å². The SMILES string of the molecule is C=Cc1c(CC)cccc1CC(N)=O. The molecule has 2 heteroatoms. The lowest BCUT2D eigenvalue weighted by Crippen LogP contribution is -2.14. The molecule has 0 bridgehead atoms. The molecule has 74 valence electrons. The highest BCUT2D eigenvalue weighted by molar-refractivity contribution is 5.78. The molecule has 0 spiro atoms. The second-order valence-corrected chi connectivity index (χ2v) is 3.19. The molecular formula is C12H15NO. The number of primary amides is 1. The van der Waals surface area contributed by atoms with Crippen molar-refractivity contribution >= 4 is 12.0 Å². The molecule has 0 aliphatic rings. The molecule has 0 unspecified atom stereocenters. The molecule has 2 N–H and O–H groups in total. The Kier molecular flexibility index (Phi) is 3.46. The van der Waals surface area contributed by atoms with Gasteiger partial charge in [-0.25, -0.2) is 0 Å². The molecule has 0 saturated carbocycles. The molecule has 0 radical (unpaired) electrons. The summed E-state index contributed by atoms with van der Waals surface area (Å²) in [4.78, 5) is 10.8. The predicted molar refractivity (Wildman–Crippen MR) is 58.8 cm³/mol. The van der Waals surface area contributed by atoms with E-state index >= 15 is 0 Å². The van der Waals surface area contributed by atoms with E-state index in [4.69, 9.17) is 5.73 Å². The van der Waals surface area contributed by atoms with Crippen LogP contribution in [0.25, 0.3) is 6.08 Å². The Labute approximate surface area is 84.4 Å². The van der Waals surface area contributed by atoms with Gasteiger partial charge in [-0.3, -0.25) is 4.79 Å². The van der Waals surface area contributed by atoms with Gasteiger partial charge in [0.15, 0.2) is 0 Å². The van der Waals surface area contributed by atoms with Crippen molar-refractivity contribution in [2.45, 2.75) is 19.8 Å². The maximum atomic E-state index is 10.8. The maximum Gasteiger partial charge on any atom is 0.221 e. The molecule has 0 aromatic heterocycles. The Hall–Kier alpha value is -1.57. The minimum absolute atomic E-state index is 0.287. The summed E-state index contributed by atoms with van der Waals surface area (Å²) in [5.74, 6) is -0.304. The van der Waals surface area contributed by atoms with Crippen molar-refractivity contribution in [3.63, 3.8) is 0 Å². The summed E-state index contributed by atoms with van der Waals surface area (Å²) in [5.41, 5.74) is 8.39. The lowest BCUT2D eigenvalue weighted by atomic mass is 9.97. The fourth-order valence-corrected chi connectivity index (χ4v) is 1.58. The first-order chi connectivity index (χ1) is 6.69. The lowest BCUT2D eigenvalue weighted by Gasteiger charge is -2.08. The van der Waals surface area contributed by atoms with Gasteiger partial charge in [-0.15, -0.1) is 0 Å². The van der Waals surface area contributed by atoms with Crippen LogP contribution in [0, 0.1) is 0 Å². The molecule has 0 atom stereocenters. The summed E-state index contributed by atoms with van der Waals surface area (Å²) in [6, 6.07) is 5.91. The van der Waals surface area contributed by atoms with E-state index in [2.05, 4.69) is 13.5 Å². The zero-order valence-corrected chi connectivity index (χ0v) is 8.42. The molecule has 0 fully saturated rings. The van der Waals surface area contributed by atoms with Crippen molar-refractivity contribution in [1.82, 2.24) is 0 Å². The largest absolute Gasteiger partial charge is 0.369 e. The van der Waals surface area contributed by atoms with Gasteiger partial charge in [0.1, 0.15) is 0 Å². The Balaban J connectivity index is 3.14. The molecule has 1 amide bonds. The molecular weight excluding hydrogens is 174 g/mol. The van der Waals surface area contributed by atoms with Crippen molar-refractivity contribution in [3.05, 3.63) is 41.5 Å². The van der Waals surface area contributed by atoms with Crippen LogP contribution in [0.3, 0.4) is 0 Å². The first-order valence-electron chi connectivity index (χ1n) is 4.70. The number of rotatable bonds is 4. The van der Waals surface area contributed by atoms with Gasteiger partial charge in [0, 0.05) is 0 Å². The molecule has 1 rings (SSSR count). The van der Waals surface area contributed by atoms with E-state index in [1.165, 1.54) is 5.56 Å². The van der Waals surface area contributed by atoms with Crippen molar-refractivity contribution in [2.75, 3.05) is 0 Å². The third-order valence-corrected chi connectivity index (χ3v) is 2.24. The molecule has 2 nitrogen and oxygen atoms in total. The summed E-state index contributed by atoms with van der Waals surface area (Å²) >= 11 is 0. The molecule has 14 heavy (non-hydrogen) atoms. The minimum Gasteiger partial charge on any atom is -0.369 e. The number of benzene rings is 1. The van der Waals surface area contributed by atoms with Crippen LogP contribution >= 0.6 is 0 Å². The van der Waals surface area contributed by atoms with E-state index in [9.17, 15) is 4.79 Å². The van der Waals surface area contributed by atoms with Crippen molar-refractivity contribution in [3.8, 4) is 0 Å². The second-order valence-electron chi connectivity index (χ2n) is 3.19. The van der Waals surface area contributed by atoms with Crippen molar-refractivity contribution in [2.24, 2.45) is 5.73 Å². The molecule has 1 aromatic carbocycles. The van der Waals surface area contributed by atoms with Crippen LogP contribution < -0.4 is 5.73 Å². The number of nitrogens with two attached hydrogens (primary N) is 1. The quantitative estimate of drug-likeness (QED) is 0.772. The summed E-state index contributed by atoms with van der Waals surface area (Å²) in [7, 11) is 0. The van der Waals surface area contributed by atoms with Gasteiger partial charge in [-0.2, -0.15) is 0 Å². The third kappa shape index (κ3) is 2.22. The maximum absolute atomic E-state index is 10.8. The molecule has 0 aliphatic carbocycles. The topological polar surface area (TPSA) is 43.1 Å². The van der Waals surface area contributed by atoms with E-state index < -0.39 is 0 Å². The highest BCUT2D eigenvalue weighted by atomic mass is 16.1. The number of amides is 1. The van der Waals surface area contributed by atoms with Crippen LogP contribution in [0.2, 0.25) is 0 Å². The van der Waals surface area contributed by atoms with E-state index in [0.29, 0.717) is 0 Å². The Morgan fingerprint density at radius 1 is 1.50 bits per heavy atom. The van der Waals surface area contributed by atoms with Crippen LogP contribution in [-0.4, -0.2) is 5.91 Å². The summed E-state index contributed by atoms with van der Waals surface area (Å²) in [6.07, 6.45) is 3.01. The average molecular weight is 189 g/mol. The number of carbonyl (C=O) groups excluding carboxylic acids is 1. The summed E-state index contributed by atoms with van der Waals surface area (Å²) in [5, 5.41) is 0. The number of hydrogen-bond donors (Lipinski definition) is 1. The molecule has 0 heterocycles. The monoisotopic (exact) mass is 189 g/mol. The zero-order chi connectivity index (χ0) is 10.6. The number of hydrogen-bond acceptors (Lipinski definition) is 1. The lowest BCUT2D eigenvalue weighted by molar-refractivity contribution is -0.117. The van der Waals surface area contributed by atoms with Crippen LogP contribution in [0.4, 0.5) is 0 Å². The summed E-state index contributed by atoms with van der Waals surface area (Å²) in [6.45, 7) is 5.84. The Morgan fingerprint density at radius 2 is 2.14 bits per heavy atom. The third-order valence-electron chi connectivity index (χ3n) is 2.24. The first-order valence-corrected chi connectivity index (χ1v) is 4.70. The van der Waals surface area contributed by atoms with Gasteiger partial charge >= 0.3 is 0 Å². The van der Waals surface area contributed by atoms with E-state index in [1.54, 1.807) is 6.08 Å². The van der Waals surface area contributed by atoms with Crippen LogP contribution in [0.5, 0.6) is 0 Å². The standard InChI is InChI=1S/C12H15NO/c1-3-9-6-5-7-10(8-12(13)14)11(9)4-2/h4-7H,2-3,8H2,1H3,(H2,13,14). The molecule has 1 aromatic rings. The second kappa shape index (κ2) is 4.61. The number of carbonyl (C=O) groups is 1. The van der Waals surface area contributed by atoms with Gasteiger partial charge in [-0.1, -0.05) is 37.8 Å². The highest BCUT2D eigenvalue weighted by Gasteiger charge is 2.05.